The van der Waals surface area contributed by atoms with E-state index in [0.717, 1.165) is 11.4 Å². The quantitative estimate of drug-likeness (QED) is 0.321. The first-order valence-electron chi connectivity index (χ1n) is 6.83. The van der Waals surface area contributed by atoms with E-state index in [1.807, 2.05) is 0 Å². The van der Waals surface area contributed by atoms with Crippen molar-refractivity contribution in [3.05, 3.63) is 0 Å². The van der Waals surface area contributed by atoms with Crippen molar-refractivity contribution in [2.75, 3.05) is 19.8 Å². The second-order valence-electron chi connectivity index (χ2n) is 3.70. The van der Waals surface area contributed by atoms with Crippen LogP contribution in [0.2, 0.25) is 0 Å². The average Bonchev–Trinajstić information content (AvgIpc) is 2.44. The van der Waals surface area contributed by atoms with Gasteiger partial charge in [-0.25, -0.2) is 4.57 Å². The highest BCUT2D eigenvalue weighted by atomic mass is 32.7. The molecule has 0 fully saturated rings. The van der Waals surface area contributed by atoms with Gasteiger partial charge in [0.05, 0.1) is 13.2 Å². The van der Waals surface area contributed by atoms with Crippen LogP contribution < -0.4 is 0 Å². The summed E-state index contributed by atoms with van der Waals surface area (Å²) in [6.45, 7) is 3.34. The fourth-order valence-corrected chi connectivity index (χ4v) is 4.71. The van der Waals surface area contributed by atoms with Crippen LogP contribution in [0.5, 0.6) is 0 Å². The smallest absolute Gasteiger partial charge is 0.392 e. The molecule has 0 saturated carbocycles. The maximum atomic E-state index is 12.4. The molecule has 0 aromatic carbocycles. The number of hydrogen-bond acceptors (Lipinski definition) is 8. The van der Waals surface area contributed by atoms with Crippen molar-refractivity contribution in [2.24, 2.45) is 0 Å². The van der Waals surface area contributed by atoms with Crippen molar-refractivity contribution in [2.45, 2.75) is 46.0 Å². The third-order valence-electron chi connectivity index (χ3n) is 2.04. The van der Waals surface area contributed by atoms with Crippen LogP contribution in [-0.2, 0) is 32.7 Å². The summed E-state index contributed by atoms with van der Waals surface area (Å²) in [5.41, 5.74) is -0.933. The van der Waals surface area contributed by atoms with Gasteiger partial charge in [0.15, 0.2) is 5.44 Å². The molecule has 0 bridgehead atoms. The van der Waals surface area contributed by atoms with Crippen LogP contribution in [0.1, 0.15) is 40.5 Å². The van der Waals surface area contributed by atoms with Gasteiger partial charge in [-0.2, -0.15) is 0 Å². The fraction of sp³-hybridized carbons (Fsp3) is 0.833. The Bertz CT molecular complexity index is 365. The summed E-state index contributed by atoms with van der Waals surface area (Å²) in [5, 5.41) is 0. The van der Waals surface area contributed by atoms with Gasteiger partial charge in [-0.05, 0) is 13.8 Å². The summed E-state index contributed by atoms with van der Waals surface area (Å²) in [6.07, 6.45) is 0.361. The summed E-state index contributed by atoms with van der Waals surface area (Å²) >= 11 is 0.728. The van der Waals surface area contributed by atoms with E-state index in [2.05, 4.69) is 0 Å². The zero-order valence-corrected chi connectivity index (χ0v) is 14.5. The summed E-state index contributed by atoms with van der Waals surface area (Å²) in [5.74, 6) is -0.921. The van der Waals surface area contributed by atoms with E-state index in [0.29, 0.717) is 0 Å². The van der Waals surface area contributed by atoms with Gasteiger partial charge in [0.1, 0.15) is 6.61 Å². The van der Waals surface area contributed by atoms with Gasteiger partial charge in [-0.1, -0.05) is 13.8 Å². The van der Waals surface area contributed by atoms with Crippen molar-refractivity contribution in [3.63, 3.8) is 0 Å². The lowest BCUT2D eigenvalue weighted by Gasteiger charge is -2.22. The van der Waals surface area contributed by atoms with E-state index < -0.39 is 24.2 Å². The fourth-order valence-electron chi connectivity index (χ4n) is 1.14. The number of rotatable bonds is 11. The van der Waals surface area contributed by atoms with Gasteiger partial charge in [0, 0.05) is 24.2 Å². The summed E-state index contributed by atoms with van der Waals surface area (Å²) in [4.78, 5) is 22.6. The Morgan fingerprint density at radius 1 is 1.00 bits per heavy atom. The SMILES string of the molecule is CCOP(=O)(OCC)SC(COC(=O)CC)OC(=O)CC. The monoisotopic (exact) mass is 342 g/mol. The lowest BCUT2D eigenvalue weighted by molar-refractivity contribution is -0.153. The Morgan fingerprint density at radius 2 is 1.52 bits per heavy atom. The molecule has 0 amide bonds. The molecule has 0 saturated heterocycles. The third-order valence-corrected chi connectivity index (χ3v) is 6.03. The standard InChI is InChI=1S/C12H23O7PS/c1-5-10(13)16-9-12(19-11(14)6-2)21-20(15,17-7-3)18-8-4/h12H,5-9H2,1-4H3. The minimum Gasteiger partial charge on any atom is -0.461 e. The molecule has 0 aliphatic rings. The maximum absolute atomic E-state index is 12.4. The highest BCUT2D eigenvalue weighted by molar-refractivity contribution is 8.55. The molecule has 9 heteroatoms. The molecule has 21 heavy (non-hydrogen) atoms. The number of carbonyl (C=O) groups is 2. The molecule has 1 unspecified atom stereocenters. The second-order valence-corrected chi connectivity index (χ2v) is 7.82. The Labute approximate surface area is 129 Å². The van der Waals surface area contributed by atoms with Gasteiger partial charge in [-0.15, -0.1) is 0 Å². The topological polar surface area (TPSA) is 88.1 Å². The molecule has 0 rings (SSSR count). The zero-order valence-electron chi connectivity index (χ0n) is 12.8. The molecule has 0 aromatic heterocycles. The molecular weight excluding hydrogens is 319 g/mol. The highest BCUT2D eigenvalue weighted by Gasteiger charge is 2.32. The number of hydrogen-bond donors (Lipinski definition) is 0. The molecule has 0 N–H and O–H groups in total. The minimum absolute atomic E-state index is 0.159. The van der Waals surface area contributed by atoms with Crippen LogP contribution in [-0.4, -0.2) is 37.2 Å². The molecule has 0 aliphatic heterocycles. The van der Waals surface area contributed by atoms with Crippen LogP contribution in [0.3, 0.4) is 0 Å². The predicted octanol–water partition coefficient (Wildman–Crippen LogP) is 3.13. The first-order chi connectivity index (χ1) is 9.90. The predicted molar refractivity (Wildman–Crippen MR) is 79.9 cm³/mol. The van der Waals surface area contributed by atoms with Gasteiger partial charge >= 0.3 is 18.7 Å². The average molecular weight is 342 g/mol. The molecule has 1 atom stereocenters. The molecule has 124 valence electrons. The Hall–Kier alpha value is -0.560. The van der Waals surface area contributed by atoms with Crippen LogP contribution in [0.15, 0.2) is 0 Å². The van der Waals surface area contributed by atoms with E-state index in [1.165, 1.54) is 0 Å². The minimum atomic E-state index is -3.46. The van der Waals surface area contributed by atoms with Gasteiger partial charge in [-0.3, -0.25) is 9.59 Å². The lowest BCUT2D eigenvalue weighted by Crippen LogP contribution is -2.22. The van der Waals surface area contributed by atoms with Crippen molar-refractivity contribution in [1.82, 2.24) is 0 Å². The molecule has 0 spiro atoms. The molecule has 0 aliphatic carbocycles. The Kier molecular flexibility index (Phi) is 10.8. The highest BCUT2D eigenvalue weighted by Crippen LogP contribution is 2.62. The zero-order chi connectivity index (χ0) is 16.3. The Morgan fingerprint density at radius 3 is 1.95 bits per heavy atom. The molecular formula is C12H23O7PS. The summed E-state index contributed by atoms with van der Waals surface area (Å²) < 4.78 is 32.7. The molecule has 0 heterocycles. The van der Waals surface area contributed by atoms with E-state index in [4.69, 9.17) is 18.5 Å². The second kappa shape index (κ2) is 11.1. The normalized spacial score (nSPS) is 12.8. The first kappa shape index (κ1) is 20.4. The molecule has 0 aromatic rings. The van der Waals surface area contributed by atoms with Crippen LogP contribution in [0, 0.1) is 0 Å². The largest absolute Gasteiger partial charge is 0.461 e. The number of ether oxygens (including phenoxy) is 2. The van der Waals surface area contributed by atoms with Crippen molar-refractivity contribution in [1.29, 1.82) is 0 Å². The Balaban J connectivity index is 4.79. The van der Waals surface area contributed by atoms with E-state index >= 15 is 0 Å². The molecule has 0 radical (unpaired) electrons. The van der Waals surface area contributed by atoms with Crippen molar-refractivity contribution >= 4 is 30.1 Å². The van der Waals surface area contributed by atoms with Crippen LogP contribution in [0.25, 0.3) is 0 Å². The van der Waals surface area contributed by atoms with Crippen molar-refractivity contribution < 1.29 is 32.7 Å². The summed E-state index contributed by atoms with van der Waals surface area (Å²) in [7, 11) is 0. The third kappa shape index (κ3) is 9.14. The van der Waals surface area contributed by atoms with Crippen molar-refractivity contribution in [3.8, 4) is 0 Å². The van der Waals surface area contributed by atoms with E-state index in [1.54, 1.807) is 27.7 Å². The first-order valence-corrected chi connectivity index (χ1v) is 9.86. The lowest BCUT2D eigenvalue weighted by atomic mass is 10.5. The van der Waals surface area contributed by atoms with Crippen LogP contribution >= 0.6 is 18.2 Å². The maximum Gasteiger partial charge on any atom is 0.392 e. The van der Waals surface area contributed by atoms with E-state index in [9.17, 15) is 14.2 Å². The van der Waals surface area contributed by atoms with E-state index in [-0.39, 0.29) is 32.7 Å². The van der Waals surface area contributed by atoms with Gasteiger partial charge in [0.25, 0.3) is 0 Å². The van der Waals surface area contributed by atoms with Gasteiger partial charge < -0.3 is 18.5 Å². The number of esters is 2. The molecule has 7 nitrogen and oxygen atoms in total. The van der Waals surface area contributed by atoms with Gasteiger partial charge in [0.2, 0.25) is 0 Å². The number of carbonyl (C=O) groups excluding carboxylic acids is 2. The van der Waals surface area contributed by atoms with Crippen LogP contribution in [0.4, 0.5) is 0 Å². The summed E-state index contributed by atoms with van der Waals surface area (Å²) in [6, 6.07) is 0.